The molecule has 3 fully saturated rings. The molecule has 4 aliphatic carbocycles. The van der Waals surface area contributed by atoms with E-state index in [1.54, 1.807) is 0 Å². The van der Waals surface area contributed by atoms with Crippen LogP contribution >= 0.6 is 0 Å². The Balaban J connectivity index is 1.48. The van der Waals surface area contributed by atoms with E-state index in [1.165, 1.54) is 18.9 Å². The maximum absolute atomic E-state index is 12.7. The summed E-state index contributed by atoms with van der Waals surface area (Å²) in [5.41, 5.74) is 1.32. The first-order valence-electron chi connectivity index (χ1n) is 11.8. The largest absolute Gasteiger partial charge is 0.466 e. The van der Waals surface area contributed by atoms with Crippen molar-refractivity contribution in [3.05, 3.63) is 11.6 Å². The molecule has 0 heterocycles. The third-order valence-corrected chi connectivity index (χ3v) is 8.70. The van der Waals surface area contributed by atoms with E-state index in [9.17, 15) is 14.4 Å². The van der Waals surface area contributed by atoms with E-state index in [1.807, 2.05) is 6.08 Å². The molecule has 0 aromatic rings. The van der Waals surface area contributed by atoms with Crippen LogP contribution in [0.15, 0.2) is 11.6 Å². The lowest BCUT2D eigenvalue weighted by Gasteiger charge is -2.55. The van der Waals surface area contributed by atoms with Gasteiger partial charge in [-0.25, -0.2) is 0 Å². The third kappa shape index (κ3) is 3.96. The molecule has 6 atom stereocenters. The van der Waals surface area contributed by atoms with E-state index in [4.69, 9.17) is 4.74 Å². The summed E-state index contributed by atoms with van der Waals surface area (Å²) in [4.78, 5) is 35.7. The maximum Gasteiger partial charge on any atom is 0.302 e. The predicted octanol–water partition coefficient (Wildman–Crippen LogP) is 5.05. The van der Waals surface area contributed by atoms with Gasteiger partial charge in [0, 0.05) is 25.2 Å². The molecule has 0 aromatic carbocycles. The number of carbonyl (C=O) groups excluding carboxylic acids is 3. The van der Waals surface area contributed by atoms with Crippen LogP contribution in [0.5, 0.6) is 0 Å². The van der Waals surface area contributed by atoms with Crippen molar-refractivity contribution in [3.8, 4) is 0 Å². The number of hydrogen-bond donors (Lipinski definition) is 0. The first kappa shape index (κ1) is 20.8. The lowest BCUT2D eigenvalue weighted by Crippen LogP contribution is -2.50. The Morgan fingerprint density at radius 1 is 1.14 bits per heavy atom. The third-order valence-electron chi connectivity index (χ3n) is 8.70. The molecular formula is C25H36O4. The second kappa shape index (κ2) is 8.35. The molecule has 0 aliphatic heterocycles. The molecule has 0 amide bonds. The quantitative estimate of drug-likeness (QED) is 0.462. The average Bonchev–Trinajstić information content (AvgIpc) is 2.98. The SMILES string of the molecule is CC(=O)OCCCCC[C@@H]1CC2=CC(=O)CC[C@@H]2[C@H]2CC[C@]3(C)C(=O)CC[C@H]3[C@H]12. The molecule has 0 radical (unpaired) electrons. The molecule has 4 heteroatoms. The minimum absolute atomic E-state index is 0.0968. The van der Waals surface area contributed by atoms with Gasteiger partial charge in [-0.2, -0.15) is 0 Å². The fraction of sp³-hybridized carbons (Fsp3) is 0.800. The minimum Gasteiger partial charge on any atom is -0.466 e. The monoisotopic (exact) mass is 400 g/mol. The van der Waals surface area contributed by atoms with Crippen molar-refractivity contribution in [1.82, 2.24) is 0 Å². The summed E-state index contributed by atoms with van der Waals surface area (Å²) in [5.74, 6) is 3.64. The molecular weight excluding hydrogens is 364 g/mol. The Kier molecular flexibility index (Phi) is 5.99. The van der Waals surface area contributed by atoms with E-state index in [0.29, 0.717) is 54.2 Å². The summed E-state index contributed by atoms with van der Waals surface area (Å²) < 4.78 is 5.06. The molecule has 29 heavy (non-hydrogen) atoms. The van der Waals surface area contributed by atoms with Gasteiger partial charge in [-0.1, -0.05) is 25.3 Å². The highest BCUT2D eigenvalue weighted by Gasteiger charge is 2.58. The summed E-state index contributed by atoms with van der Waals surface area (Å²) in [6, 6.07) is 0. The summed E-state index contributed by atoms with van der Waals surface area (Å²) in [6.45, 7) is 4.22. The zero-order valence-electron chi connectivity index (χ0n) is 18.1. The molecule has 0 bridgehead atoms. The van der Waals surface area contributed by atoms with E-state index in [2.05, 4.69) is 6.92 Å². The number of fused-ring (bicyclic) bond motifs is 5. The smallest absolute Gasteiger partial charge is 0.302 e. The van der Waals surface area contributed by atoms with Crippen molar-refractivity contribution < 1.29 is 19.1 Å². The van der Waals surface area contributed by atoms with Gasteiger partial charge in [-0.15, -0.1) is 0 Å². The van der Waals surface area contributed by atoms with Gasteiger partial charge in [0.1, 0.15) is 5.78 Å². The molecule has 0 unspecified atom stereocenters. The number of carbonyl (C=O) groups is 3. The van der Waals surface area contributed by atoms with Crippen LogP contribution in [0.2, 0.25) is 0 Å². The molecule has 160 valence electrons. The van der Waals surface area contributed by atoms with Gasteiger partial charge in [0.2, 0.25) is 0 Å². The minimum atomic E-state index is -0.201. The van der Waals surface area contributed by atoms with E-state index < -0.39 is 0 Å². The number of ether oxygens (including phenoxy) is 1. The standard InChI is InChI=1S/C25H36O4/c1-16(26)29-13-5-3-4-6-17-14-18-15-19(27)7-8-20(18)21-11-12-25(2)22(24(17)21)9-10-23(25)28/h15,17,20-22,24H,3-14H2,1-2H3/t17-,20+,21-,22+,24-,25+/m1/s1. The van der Waals surface area contributed by atoms with E-state index >= 15 is 0 Å². The highest BCUT2D eigenvalue weighted by Crippen LogP contribution is 2.62. The van der Waals surface area contributed by atoms with Gasteiger partial charge in [0.25, 0.3) is 0 Å². The number of hydrogen-bond acceptors (Lipinski definition) is 4. The van der Waals surface area contributed by atoms with Gasteiger partial charge >= 0.3 is 5.97 Å². The van der Waals surface area contributed by atoms with Crippen LogP contribution < -0.4 is 0 Å². The van der Waals surface area contributed by atoms with Gasteiger partial charge in [-0.05, 0) is 80.6 Å². The van der Waals surface area contributed by atoms with E-state index in [0.717, 1.165) is 57.8 Å². The van der Waals surface area contributed by atoms with Crippen molar-refractivity contribution in [3.63, 3.8) is 0 Å². The summed E-state index contributed by atoms with van der Waals surface area (Å²) >= 11 is 0. The summed E-state index contributed by atoms with van der Waals surface area (Å²) in [5, 5.41) is 0. The van der Waals surface area contributed by atoms with E-state index in [-0.39, 0.29) is 11.4 Å². The molecule has 4 nitrogen and oxygen atoms in total. The Bertz CT molecular complexity index is 708. The lowest BCUT2D eigenvalue weighted by molar-refractivity contribution is -0.141. The Labute approximate surface area is 174 Å². The summed E-state index contributed by atoms with van der Waals surface area (Å²) in [6.07, 6.45) is 13.1. The topological polar surface area (TPSA) is 60.4 Å². The number of esters is 1. The fourth-order valence-corrected chi connectivity index (χ4v) is 7.35. The zero-order chi connectivity index (χ0) is 20.6. The van der Waals surface area contributed by atoms with Crippen LogP contribution in [0, 0.1) is 35.0 Å². The van der Waals surface area contributed by atoms with Gasteiger partial charge in [-0.3, -0.25) is 14.4 Å². The van der Waals surface area contributed by atoms with Crippen LogP contribution in [-0.2, 0) is 19.1 Å². The molecule has 0 aromatic heterocycles. The normalized spacial score (nSPS) is 38.7. The Morgan fingerprint density at radius 2 is 1.97 bits per heavy atom. The molecule has 0 spiro atoms. The predicted molar refractivity (Wildman–Crippen MR) is 111 cm³/mol. The van der Waals surface area contributed by atoms with Crippen LogP contribution in [-0.4, -0.2) is 24.1 Å². The van der Waals surface area contributed by atoms with Crippen LogP contribution in [0.4, 0.5) is 0 Å². The molecule has 0 saturated heterocycles. The van der Waals surface area contributed by atoms with Crippen LogP contribution in [0.25, 0.3) is 0 Å². The zero-order valence-corrected chi connectivity index (χ0v) is 18.1. The van der Waals surface area contributed by atoms with Crippen LogP contribution in [0.3, 0.4) is 0 Å². The van der Waals surface area contributed by atoms with Gasteiger partial charge in [0.05, 0.1) is 6.61 Å². The number of ketones is 2. The maximum atomic E-state index is 12.7. The Hall–Kier alpha value is -1.45. The van der Waals surface area contributed by atoms with Crippen molar-refractivity contribution in [2.45, 2.75) is 84.5 Å². The van der Waals surface area contributed by atoms with Crippen molar-refractivity contribution in [1.29, 1.82) is 0 Å². The molecule has 4 rings (SSSR count). The lowest BCUT2D eigenvalue weighted by atomic mass is 9.49. The Morgan fingerprint density at radius 3 is 2.76 bits per heavy atom. The fourth-order valence-electron chi connectivity index (χ4n) is 7.35. The number of unbranched alkanes of at least 4 members (excludes halogenated alkanes) is 2. The second-order valence-electron chi connectivity index (χ2n) is 10.3. The average molecular weight is 401 g/mol. The summed E-state index contributed by atoms with van der Waals surface area (Å²) in [7, 11) is 0. The van der Waals surface area contributed by atoms with Crippen molar-refractivity contribution in [2.75, 3.05) is 6.61 Å². The first-order chi connectivity index (χ1) is 13.9. The molecule has 3 saturated carbocycles. The van der Waals surface area contributed by atoms with Crippen molar-refractivity contribution >= 4 is 17.5 Å². The van der Waals surface area contributed by atoms with Crippen molar-refractivity contribution in [2.24, 2.45) is 35.0 Å². The highest BCUT2D eigenvalue weighted by atomic mass is 16.5. The van der Waals surface area contributed by atoms with Gasteiger partial charge in [0.15, 0.2) is 5.78 Å². The molecule has 0 N–H and O–H groups in total. The number of rotatable bonds is 6. The highest BCUT2D eigenvalue weighted by molar-refractivity contribution is 5.91. The van der Waals surface area contributed by atoms with Crippen LogP contribution in [0.1, 0.15) is 84.5 Å². The number of allylic oxidation sites excluding steroid dienone is 1. The second-order valence-corrected chi connectivity index (χ2v) is 10.3. The molecule has 4 aliphatic rings. The first-order valence-corrected chi connectivity index (χ1v) is 11.8. The van der Waals surface area contributed by atoms with Gasteiger partial charge < -0.3 is 4.74 Å². The number of Topliss-reactive ketones (excluding diaryl/α,β-unsaturated/α-hetero) is 1.